The molecule has 3 N–H and O–H groups in total. The van der Waals surface area contributed by atoms with E-state index in [2.05, 4.69) is 10.9 Å². The number of carbonyl (C=O) groups excluding carboxylic acids is 2. The summed E-state index contributed by atoms with van der Waals surface area (Å²) in [5, 5.41) is 9.20. The predicted octanol–water partition coefficient (Wildman–Crippen LogP) is 1.11. The van der Waals surface area contributed by atoms with E-state index in [4.69, 9.17) is 9.47 Å². The molecule has 1 saturated carbocycles. The normalized spacial score (nSPS) is 19.6. The van der Waals surface area contributed by atoms with Gasteiger partial charge in [0.05, 0.1) is 18.9 Å². The van der Waals surface area contributed by atoms with Gasteiger partial charge in [-0.25, -0.2) is 0 Å². The van der Waals surface area contributed by atoms with E-state index in [9.17, 15) is 19.5 Å². The number of hydrogen-bond donors (Lipinski definition) is 3. The Hall–Kier alpha value is -2.77. The highest BCUT2D eigenvalue weighted by molar-refractivity contribution is 5.87. The summed E-state index contributed by atoms with van der Waals surface area (Å²) in [4.78, 5) is 35.2. The first kappa shape index (κ1) is 18.6. The summed E-state index contributed by atoms with van der Waals surface area (Å²) < 4.78 is 10.5. The van der Waals surface area contributed by atoms with Crippen LogP contribution in [0.25, 0.3) is 0 Å². The molecule has 0 aliphatic heterocycles. The van der Waals surface area contributed by atoms with E-state index in [1.54, 1.807) is 24.3 Å². The lowest BCUT2D eigenvalue weighted by Crippen LogP contribution is -2.49. The predicted molar refractivity (Wildman–Crippen MR) is 87.9 cm³/mol. The third-order valence-corrected chi connectivity index (χ3v) is 4.17. The van der Waals surface area contributed by atoms with Crippen molar-refractivity contribution in [3.05, 3.63) is 24.3 Å². The first-order valence-corrected chi connectivity index (χ1v) is 8.10. The number of para-hydroxylation sites is 2. The molecule has 25 heavy (non-hydrogen) atoms. The highest BCUT2D eigenvalue weighted by Crippen LogP contribution is 2.30. The van der Waals surface area contributed by atoms with Gasteiger partial charge in [-0.2, -0.15) is 0 Å². The maximum Gasteiger partial charge on any atom is 0.307 e. The molecular weight excluding hydrogens is 328 g/mol. The topological polar surface area (TPSA) is 114 Å². The lowest BCUT2D eigenvalue weighted by molar-refractivity contribution is -0.149. The summed E-state index contributed by atoms with van der Waals surface area (Å²) >= 11 is 0. The maximum absolute atomic E-state index is 12.1. The van der Waals surface area contributed by atoms with Gasteiger partial charge in [0.1, 0.15) is 0 Å². The average molecular weight is 350 g/mol. The van der Waals surface area contributed by atoms with E-state index in [-0.39, 0.29) is 6.61 Å². The molecular formula is C17H22N2O6. The molecule has 0 aromatic heterocycles. The molecule has 2 unspecified atom stereocenters. The monoisotopic (exact) mass is 350 g/mol. The van der Waals surface area contributed by atoms with Crippen molar-refractivity contribution in [3.63, 3.8) is 0 Å². The van der Waals surface area contributed by atoms with Crippen LogP contribution in [0.2, 0.25) is 0 Å². The first-order valence-electron chi connectivity index (χ1n) is 8.10. The van der Waals surface area contributed by atoms with Crippen LogP contribution >= 0.6 is 0 Å². The largest absolute Gasteiger partial charge is 0.493 e. The number of hydrogen-bond acceptors (Lipinski definition) is 5. The summed E-state index contributed by atoms with van der Waals surface area (Å²) in [5.74, 6) is -2.47. The molecule has 8 heteroatoms. The first-order chi connectivity index (χ1) is 12.0. The van der Waals surface area contributed by atoms with Gasteiger partial charge in [-0.1, -0.05) is 25.0 Å². The Bertz CT molecular complexity index is 633. The minimum absolute atomic E-state index is 0.312. The number of carboxylic acid groups (broad SMARTS) is 1. The fraction of sp³-hybridized carbons (Fsp3) is 0.471. The quantitative estimate of drug-likeness (QED) is 0.662. The van der Waals surface area contributed by atoms with Crippen molar-refractivity contribution >= 4 is 17.8 Å². The fourth-order valence-corrected chi connectivity index (χ4v) is 2.88. The Balaban J connectivity index is 1.81. The SMILES string of the molecule is COc1ccccc1OCC(=O)NNC(=O)C1CCCCC1C(=O)O. The molecule has 1 aliphatic carbocycles. The number of amides is 2. The molecule has 136 valence electrons. The third-order valence-electron chi connectivity index (χ3n) is 4.17. The molecule has 8 nitrogen and oxygen atoms in total. The van der Waals surface area contributed by atoms with Crippen LogP contribution in [0.5, 0.6) is 11.5 Å². The fourth-order valence-electron chi connectivity index (χ4n) is 2.88. The zero-order chi connectivity index (χ0) is 18.2. The zero-order valence-electron chi connectivity index (χ0n) is 14.0. The van der Waals surface area contributed by atoms with Crippen molar-refractivity contribution in [1.29, 1.82) is 0 Å². The molecule has 0 bridgehead atoms. The van der Waals surface area contributed by atoms with Crippen LogP contribution in [0.3, 0.4) is 0 Å². The van der Waals surface area contributed by atoms with Crippen molar-refractivity contribution in [2.75, 3.05) is 13.7 Å². The van der Waals surface area contributed by atoms with Crippen molar-refractivity contribution in [1.82, 2.24) is 10.9 Å². The number of hydrazine groups is 1. The molecule has 1 aromatic rings. The molecule has 1 fully saturated rings. The second-order valence-corrected chi connectivity index (χ2v) is 5.81. The van der Waals surface area contributed by atoms with Crippen molar-refractivity contribution in [3.8, 4) is 11.5 Å². The van der Waals surface area contributed by atoms with Gasteiger partial charge in [0.2, 0.25) is 5.91 Å². The Kier molecular flexibility index (Phi) is 6.62. The van der Waals surface area contributed by atoms with Gasteiger partial charge in [0, 0.05) is 0 Å². The maximum atomic E-state index is 12.1. The lowest BCUT2D eigenvalue weighted by atomic mass is 9.79. The summed E-state index contributed by atoms with van der Waals surface area (Å²) in [6.07, 6.45) is 2.56. The number of methoxy groups -OCH3 is 1. The van der Waals surface area contributed by atoms with Crippen LogP contribution in [0, 0.1) is 11.8 Å². The van der Waals surface area contributed by atoms with Gasteiger partial charge in [0.15, 0.2) is 18.1 Å². The van der Waals surface area contributed by atoms with Gasteiger partial charge in [-0.05, 0) is 25.0 Å². The highest BCUT2D eigenvalue weighted by atomic mass is 16.5. The van der Waals surface area contributed by atoms with Gasteiger partial charge in [-0.3, -0.25) is 25.2 Å². The molecule has 2 rings (SSSR count). The molecule has 2 atom stereocenters. The Morgan fingerprint density at radius 2 is 1.72 bits per heavy atom. The molecule has 0 saturated heterocycles. The Morgan fingerprint density at radius 3 is 2.36 bits per heavy atom. The van der Waals surface area contributed by atoms with Crippen LogP contribution in [0.4, 0.5) is 0 Å². The van der Waals surface area contributed by atoms with Crippen LogP contribution in [0.15, 0.2) is 24.3 Å². The number of benzene rings is 1. The number of carboxylic acids is 1. The van der Waals surface area contributed by atoms with Gasteiger partial charge in [0.25, 0.3) is 5.91 Å². The molecule has 0 heterocycles. The van der Waals surface area contributed by atoms with Gasteiger partial charge >= 0.3 is 5.97 Å². The number of nitrogens with one attached hydrogen (secondary N) is 2. The van der Waals surface area contributed by atoms with E-state index < -0.39 is 29.6 Å². The van der Waals surface area contributed by atoms with Gasteiger partial charge in [-0.15, -0.1) is 0 Å². The molecule has 0 radical (unpaired) electrons. The average Bonchev–Trinajstić information content (AvgIpc) is 2.64. The summed E-state index contributed by atoms with van der Waals surface area (Å²) in [5.41, 5.74) is 4.54. The van der Waals surface area contributed by atoms with Crippen molar-refractivity contribution < 1.29 is 29.0 Å². The zero-order valence-corrected chi connectivity index (χ0v) is 14.0. The summed E-state index contributed by atoms with van der Waals surface area (Å²) in [6, 6.07) is 6.87. The van der Waals surface area contributed by atoms with E-state index in [1.165, 1.54) is 7.11 Å². The van der Waals surface area contributed by atoms with Crippen LogP contribution in [0.1, 0.15) is 25.7 Å². The van der Waals surface area contributed by atoms with E-state index in [1.807, 2.05) is 0 Å². The van der Waals surface area contributed by atoms with Crippen molar-refractivity contribution in [2.45, 2.75) is 25.7 Å². The minimum atomic E-state index is -0.981. The number of ether oxygens (including phenoxy) is 2. The standard InChI is InChI=1S/C17H22N2O6/c1-24-13-8-4-5-9-14(13)25-10-15(20)18-19-16(21)11-6-2-3-7-12(11)17(22)23/h4-5,8-9,11-12H,2-3,6-7,10H2,1H3,(H,18,20)(H,19,21)(H,22,23). The van der Waals surface area contributed by atoms with Gasteiger partial charge < -0.3 is 14.6 Å². The van der Waals surface area contributed by atoms with Crippen LogP contribution < -0.4 is 20.3 Å². The summed E-state index contributed by atoms with van der Waals surface area (Å²) in [6.45, 7) is -0.312. The molecule has 1 aromatic carbocycles. The Labute approximate surface area is 145 Å². The third kappa shape index (κ3) is 5.10. The smallest absolute Gasteiger partial charge is 0.307 e. The highest BCUT2D eigenvalue weighted by Gasteiger charge is 2.35. The number of rotatable bonds is 6. The molecule has 2 amide bonds. The lowest BCUT2D eigenvalue weighted by Gasteiger charge is -2.27. The number of carbonyl (C=O) groups is 3. The minimum Gasteiger partial charge on any atom is -0.493 e. The van der Waals surface area contributed by atoms with E-state index in [0.717, 1.165) is 12.8 Å². The molecule has 0 spiro atoms. The molecule has 1 aliphatic rings. The van der Waals surface area contributed by atoms with Crippen molar-refractivity contribution in [2.24, 2.45) is 11.8 Å². The van der Waals surface area contributed by atoms with E-state index in [0.29, 0.717) is 24.3 Å². The second kappa shape index (κ2) is 8.91. The Morgan fingerprint density at radius 1 is 1.08 bits per heavy atom. The summed E-state index contributed by atoms with van der Waals surface area (Å²) in [7, 11) is 1.49. The number of aliphatic carboxylic acids is 1. The second-order valence-electron chi connectivity index (χ2n) is 5.81. The van der Waals surface area contributed by atoms with Crippen LogP contribution in [-0.2, 0) is 14.4 Å². The van der Waals surface area contributed by atoms with E-state index >= 15 is 0 Å². The van der Waals surface area contributed by atoms with Crippen LogP contribution in [-0.4, -0.2) is 36.6 Å².